The van der Waals surface area contributed by atoms with Gasteiger partial charge in [-0.2, -0.15) is 0 Å². The first-order chi connectivity index (χ1) is 20.5. The molecule has 6 heteroatoms. The van der Waals surface area contributed by atoms with Gasteiger partial charge in [0.15, 0.2) is 11.5 Å². The quantitative estimate of drug-likeness (QED) is 0.181. The van der Waals surface area contributed by atoms with E-state index in [1.54, 1.807) is 12.1 Å². The molecule has 0 unspecified atom stereocenters. The molecular weight excluding hydrogens is 526 g/mol. The first kappa shape index (κ1) is 29.2. The van der Waals surface area contributed by atoms with Gasteiger partial charge in [0, 0.05) is 5.92 Å². The smallest absolute Gasteiger partial charge is 0.338 e. The van der Waals surface area contributed by atoms with E-state index in [0.717, 1.165) is 42.6 Å². The Bertz CT molecular complexity index is 1350. The van der Waals surface area contributed by atoms with Gasteiger partial charge < -0.3 is 24.3 Å². The molecular formula is C36H39NO5. The molecule has 0 saturated carbocycles. The van der Waals surface area contributed by atoms with Crippen molar-refractivity contribution in [2.24, 2.45) is 5.92 Å². The maximum atomic E-state index is 13.7. The molecule has 1 aliphatic heterocycles. The molecule has 218 valence electrons. The van der Waals surface area contributed by atoms with Gasteiger partial charge in [0.1, 0.15) is 25.4 Å². The standard InChI is InChI=1S/C36H39NO5/c1-36(2,31-18-20-37-21-19-31)42-35(38)30-22-32(39-24-27-12-6-3-7-13-27)34(41-26-29-16-10-5-11-17-29)33(23-30)40-25-28-14-8-4-9-15-28/h3-17,22-23,31,37H,18-21,24-26H2,1-2H3. The van der Waals surface area contributed by atoms with Crippen molar-refractivity contribution >= 4 is 5.97 Å². The first-order valence-electron chi connectivity index (χ1n) is 14.6. The van der Waals surface area contributed by atoms with Crippen LogP contribution in [0.1, 0.15) is 53.7 Å². The van der Waals surface area contributed by atoms with Crippen molar-refractivity contribution in [1.29, 1.82) is 0 Å². The van der Waals surface area contributed by atoms with Crippen LogP contribution in [0.2, 0.25) is 0 Å². The van der Waals surface area contributed by atoms with Crippen molar-refractivity contribution in [2.45, 2.75) is 52.1 Å². The number of nitrogens with one attached hydrogen (secondary N) is 1. The van der Waals surface area contributed by atoms with Crippen molar-refractivity contribution in [1.82, 2.24) is 5.32 Å². The zero-order chi connectivity index (χ0) is 29.2. The predicted octanol–water partition coefficient (Wildman–Crippen LogP) is 7.36. The van der Waals surface area contributed by atoms with Crippen LogP contribution in [0.5, 0.6) is 17.2 Å². The van der Waals surface area contributed by atoms with Gasteiger partial charge in [-0.25, -0.2) is 4.79 Å². The molecule has 0 amide bonds. The van der Waals surface area contributed by atoms with E-state index in [9.17, 15) is 4.79 Å². The van der Waals surface area contributed by atoms with Crippen molar-refractivity contribution in [2.75, 3.05) is 13.1 Å². The Morgan fingerprint density at radius 1 is 0.690 bits per heavy atom. The third kappa shape index (κ3) is 7.92. The molecule has 1 aliphatic rings. The van der Waals surface area contributed by atoms with E-state index >= 15 is 0 Å². The normalized spacial score (nSPS) is 13.8. The van der Waals surface area contributed by atoms with Gasteiger partial charge in [0.05, 0.1) is 5.56 Å². The second-order valence-corrected chi connectivity index (χ2v) is 11.1. The lowest BCUT2D eigenvalue weighted by Gasteiger charge is -2.36. The van der Waals surface area contributed by atoms with Crippen LogP contribution < -0.4 is 19.5 Å². The van der Waals surface area contributed by atoms with Crippen molar-refractivity contribution in [3.63, 3.8) is 0 Å². The number of benzene rings is 4. The Morgan fingerprint density at radius 3 is 1.57 bits per heavy atom. The molecule has 0 radical (unpaired) electrons. The summed E-state index contributed by atoms with van der Waals surface area (Å²) < 4.78 is 25.1. The van der Waals surface area contributed by atoms with Gasteiger partial charge in [0.25, 0.3) is 0 Å². The number of carbonyl (C=O) groups excluding carboxylic acids is 1. The van der Waals surface area contributed by atoms with Gasteiger partial charge in [-0.3, -0.25) is 0 Å². The number of hydrogen-bond acceptors (Lipinski definition) is 6. The Kier molecular flexibility index (Phi) is 9.78. The van der Waals surface area contributed by atoms with Gasteiger partial charge >= 0.3 is 5.97 Å². The van der Waals surface area contributed by atoms with E-state index in [2.05, 4.69) is 5.32 Å². The molecule has 0 atom stereocenters. The maximum Gasteiger partial charge on any atom is 0.338 e. The third-order valence-electron chi connectivity index (χ3n) is 7.63. The SMILES string of the molecule is CC(C)(OC(=O)c1cc(OCc2ccccc2)c(OCc2ccccc2)c(OCc2ccccc2)c1)C1CCNCC1. The van der Waals surface area contributed by atoms with E-state index in [1.165, 1.54) is 0 Å². The number of hydrogen-bond donors (Lipinski definition) is 1. The van der Waals surface area contributed by atoms with E-state index in [4.69, 9.17) is 18.9 Å². The Labute approximate surface area is 248 Å². The lowest BCUT2D eigenvalue weighted by atomic mass is 9.83. The Balaban J connectivity index is 1.47. The molecule has 1 saturated heterocycles. The summed E-state index contributed by atoms with van der Waals surface area (Å²) in [6, 6.07) is 33.1. The number of esters is 1. The minimum atomic E-state index is -0.613. The summed E-state index contributed by atoms with van der Waals surface area (Å²) in [6.07, 6.45) is 1.92. The molecule has 6 nitrogen and oxygen atoms in total. The number of rotatable bonds is 12. The Morgan fingerprint density at radius 2 is 1.12 bits per heavy atom. The van der Waals surface area contributed by atoms with Crippen molar-refractivity contribution in [3.8, 4) is 17.2 Å². The average Bonchev–Trinajstić information content (AvgIpc) is 3.03. The minimum absolute atomic E-state index is 0.277. The summed E-state index contributed by atoms with van der Waals surface area (Å²) in [5.41, 5.74) is 2.75. The fourth-order valence-corrected chi connectivity index (χ4v) is 5.15. The lowest BCUT2D eigenvalue weighted by Crippen LogP contribution is -2.42. The van der Waals surface area contributed by atoms with Crippen LogP contribution in [-0.4, -0.2) is 24.7 Å². The first-order valence-corrected chi connectivity index (χ1v) is 14.6. The Hall–Kier alpha value is -4.29. The molecule has 5 rings (SSSR count). The van der Waals surface area contributed by atoms with E-state index in [-0.39, 0.29) is 5.92 Å². The predicted molar refractivity (Wildman–Crippen MR) is 164 cm³/mol. The van der Waals surface area contributed by atoms with Crippen LogP contribution in [0, 0.1) is 5.92 Å². The topological polar surface area (TPSA) is 66.0 Å². The summed E-state index contributed by atoms with van der Waals surface area (Å²) in [5, 5.41) is 3.38. The second kappa shape index (κ2) is 14.1. The molecule has 0 aromatic heterocycles. The number of carbonyl (C=O) groups is 1. The monoisotopic (exact) mass is 565 g/mol. The molecule has 1 N–H and O–H groups in total. The third-order valence-corrected chi connectivity index (χ3v) is 7.63. The van der Waals surface area contributed by atoms with E-state index in [1.807, 2.05) is 105 Å². The molecule has 4 aromatic rings. The van der Waals surface area contributed by atoms with Gasteiger partial charge in [-0.05, 0) is 68.6 Å². The van der Waals surface area contributed by atoms with Crippen LogP contribution in [0.25, 0.3) is 0 Å². The highest BCUT2D eigenvalue weighted by molar-refractivity contribution is 5.91. The average molecular weight is 566 g/mol. The van der Waals surface area contributed by atoms with Crippen molar-refractivity contribution in [3.05, 3.63) is 125 Å². The highest BCUT2D eigenvalue weighted by Gasteiger charge is 2.35. The van der Waals surface area contributed by atoms with Gasteiger partial charge in [-0.15, -0.1) is 0 Å². The summed E-state index contributed by atoms with van der Waals surface area (Å²) in [5.74, 6) is 1.15. The van der Waals surface area contributed by atoms with Gasteiger partial charge in [-0.1, -0.05) is 91.0 Å². The zero-order valence-electron chi connectivity index (χ0n) is 24.4. The maximum absolute atomic E-state index is 13.7. The molecule has 1 fully saturated rings. The molecule has 0 bridgehead atoms. The molecule has 0 aliphatic carbocycles. The molecule has 4 aromatic carbocycles. The van der Waals surface area contributed by atoms with Crippen LogP contribution in [0.3, 0.4) is 0 Å². The van der Waals surface area contributed by atoms with Crippen LogP contribution in [0.4, 0.5) is 0 Å². The van der Waals surface area contributed by atoms with E-state index in [0.29, 0.717) is 42.6 Å². The number of ether oxygens (including phenoxy) is 4. The summed E-state index contributed by atoms with van der Waals surface area (Å²) in [4.78, 5) is 13.7. The largest absolute Gasteiger partial charge is 0.485 e. The fourth-order valence-electron chi connectivity index (χ4n) is 5.15. The highest BCUT2D eigenvalue weighted by atomic mass is 16.6. The fraction of sp³-hybridized carbons (Fsp3) is 0.306. The molecule has 0 spiro atoms. The molecule has 42 heavy (non-hydrogen) atoms. The summed E-state index contributed by atoms with van der Waals surface area (Å²) in [6.45, 7) is 6.77. The minimum Gasteiger partial charge on any atom is -0.485 e. The zero-order valence-corrected chi connectivity index (χ0v) is 24.4. The lowest BCUT2D eigenvalue weighted by molar-refractivity contribution is -0.0368. The highest BCUT2D eigenvalue weighted by Crippen LogP contribution is 2.41. The van der Waals surface area contributed by atoms with Crippen molar-refractivity contribution < 1.29 is 23.7 Å². The van der Waals surface area contributed by atoms with Crippen LogP contribution in [0.15, 0.2) is 103 Å². The van der Waals surface area contributed by atoms with Gasteiger partial charge in [0.2, 0.25) is 5.75 Å². The second-order valence-electron chi connectivity index (χ2n) is 11.1. The summed E-state index contributed by atoms with van der Waals surface area (Å²) >= 11 is 0. The summed E-state index contributed by atoms with van der Waals surface area (Å²) in [7, 11) is 0. The van der Waals surface area contributed by atoms with E-state index < -0.39 is 11.6 Å². The molecule has 1 heterocycles. The number of piperidine rings is 1. The van der Waals surface area contributed by atoms with Crippen LogP contribution >= 0.6 is 0 Å². The van der Waals surface area contributed by atoms with Crippen LogP contribution in [-0.2, 0) is 24.6 Å².